The average Bonchev–Trinajstić information content (AvgIpc) is 2.67. The zero-order valence-corrected chi connectivity index (χ0v) is 14.6. The van der Waals surface area contributed by atoms with Crippen LogP contribution in [0.5, 0.6) is 5.75 Å². The lowest BCUT2D eigenvalue weighted by Gasteiger charge is -2.30. The van der Waals surface area contributed by atoms with Gasteiger partial charge in [0.1, 0.15) is 5.75 Å². The molecule has 3 rings (SSSR count). The molecule has 25 heavy (non-hydrogen) atoms. The van der Waals surface area contributed by atoms with Crippen LogP contribution in [0.15, 0.2) is 36.7 Å². The number of carbonyl (C=O) groups excluding carboxylic acids is 1. The fraction of sp³-hybridized carbons (Fsp3) is 0.368. The van der Waals surface area contributed by atoms with Crippen molar-refractivity contribution in [1.82, 2.24) is 10.3 Å². The molecule has 1 saturated heterocycles. The molecule has 1 aliphatic heterocycles. The Kier molecular flexibility index (Phi) is 5.50. The molecule has 0 bridgehead atoms. The molecule has 1 aromatic carbocycles. The maximum Gasteiger partial charge on any atom is 0.251 e. The standard InChI is InChI=1S/C19H23N3O3/c1-14-12-20-6-5-16(14)13-21-19(23)15-3-4-18(24-2)17(11-15)22-7-9-25-10-8-22/h3-6,11-12H,7-10,13H2,1-2H3,(H,21,23). The molecular formula is C19H23N3O3. The number of pyridine rings is 1. The number of nitrogens with one attached hydrogen (secondary N) is 1. The van der Waals surface area contributed by atoms with E-state index in [0.29, 0.717) is 25.3 Å². The first-order valence-electron chi connectivity index (χ1n) is 8.37. The minimum atomic E-state index is -0.103. The Morgan fingerprint density at radius 1 is 1.32 bits per heavy atom. The van der Waals surface area contributed by atoms with Gasteiger partial charge in [0.15, 0.2) is 0 Å². The second-order valence-corrected chi connectivity index (χ2v) is 5.97. The Morgan fingerprint density at radius 2 is 2.12 bits per heavy atom. The molecule has 0 saturated carbocycles. The number of aromatic nitrogens is 1. The van der Waals surface area contributed by atoms with Gasteiger partial charge in [-0.25, -0.2) is 0 Å². The molecule has 1 aromatic heterocycles. The van der Waals surface area contributed by atoms with E-state index < -0.39 is 0 Å². The van der Waals surface area contributed by atoms with E-state index in [0.717, 1.165) is 35.7 Å². The van der Waals surface area contributed by atoms with Gasteiger partial charge in [-0.1, -0.05) is 0 Å². The summed E-state index contributed by atoms with van der Waals surface area (Å²) >= 11 is 0. The normalized spacial score (nSPS) is 14.2. The van der Waals surface area contributed by atoms with Crippen LogP contribution in [0.3, 0.4) is 0 Å². The summed E-state index contributed by atoms with van der Waals surface area (Å²) in [5.74, 6) is 0.664. The smallest absolute Gasteiger partial charge is 0.251 e. The highest BCUT2D eigenvalue weighted by Crippen LogP contribution is 2.30. The maximum absolute atomic E-state index is 12.6. The van der Waals surface area contributed by atoms with Crippen LogP contribution in [-0.2, 0) is 11.3 Å². The zero-order chi connectivity index (χ0) is 17.6. The lowest BCUT2D eigenvalue weighted by molar-refractivity contribution is 0.0951. The first kappa shape index (κ1) is 17.2. The van der Waals surface area contributed by atoms with Gasteiger partial charge < -0.3 is 19.7 Å². The first-order valence-corrected chi connectivity index (χ1v) is 8.37. The van der Waals surface area contributed by atoms with Gasteiger partial charge in [0.25, 0.3) is 5.91 Å². The molecule has 1 N–H and O–H groups in total. The summed E-state index contributed by atoms with van der Waals surface area (Å²) in [5.41, 5.74) is 3.67. The minimum Gasteiger partial charge on any atom is -0.495 e. The second-order valence-electron chi connectivity index (χ2n) is 5.97. The predicted octanol–water partition coefficient (Wildman–Crippen LogP) is 2.17. The number of morpholine rings is 1. The average molecular weight is 341 g/mol. The Bertz CT molecular complexity index is 742. The molecule has 0 radical (unpaired) electrons. The number of aryl methyl sites for hydroxylation is 1. The van der Waals surface area contributed by atoms with Crippen molar-refractivity contribution in [2.45, 2.75) is 13.5 Å². The van der Waals surface area contributed by atoms with Crippen LogP contribution in [0.25, 0.3) is 0 Å². The number of carbonyl (C=O) groups is 1. The summed E-state index contributed by atoms with van der Waals surface area (Å²) in [4.78, 5) is 18.8. The molecule has 1 aliphatic rings. The lowest BCUT2D eigenvalue weighted by atomic mass is 10.1. The summed E-state index contributed by atoms with van der Waals surface area (Å²) in [6.45, 7) is 5.40. The first-order chi connectivity index (χ1) is 12.2. The van der Waals surface area contributed by atoms with E-state index in [4.69, 9.17) is 9.47 Å². The number of methoxy groups -OCH3 is 1. The number of nitrogens with zero attached hydrogens (tertiary/aromatic N) is 2. The highest BCUT2D eigenvalue weighted by atomic mass is 16.5. The molecule has 0 atom stereocenters. The van der Waals surface area contributed by atoms with Crippen LogP contribution in [0.2, 0.25) is 0 Å². The molecule has 6 heteroatoms. The maximum atomic E-state index is 12.6. The van der Waals surface area contributed by atoms with Crippen molar-refractivity contribution < 1.29 is 14.3 Å². The molecule has 2 aromatic rings. The highest BCUT2D eigenvalue weighted by molar-refractivity contribution is 5.95. The Hall–Kier alpha value is -2.60. The summed E-state index contributed by atoms with van der Waals surface area (Å²) < 4.78 is 10.9. The number of benzene rings is 1. The molecular weight excluding hydrogens is 318 g/mol. The Labute approximate surface area is 147 Å². The number of anilines is 1. The molecule has 2 heterocycles. The van der Waals surface area contributed by atoms with Gasteiger partial charge in [-0.3, -0.25) is 9.78 Å². The van der Waals surface area contributed by atoms with Crippen LogP contribution in [0.4, 0.5) is 5.69 Å². The Morgan fingerprint density at radius 3 is 2.84 bits per heavy atom. The van der Waals surface area contributed by atoms with Crippen molar-refractivity contribution >= 4 is 11.6 Å². The molecule has 1 amide bonds. The molecule has 0 aliphatic carbocycles. The molecule has 1 fully saturated rings. The number of hydrogen-bond donors (Lipinski definition) is 1. The van der Waals surface area contributed by atoms with E-state index in [9.17, 15) is 4.79 Å². The largest absolute Gasteiger partial charge is 0.495 e. The van der Waals surface area contributed by atoms with E-state index in [2.05, 4.69) is 15.2 Å². The van der Waals surface area contributed by atoms with Crippen molar-refractivity contribution in [1.29, 1.82) is 0 Å². The monoisotopic (exact) mass is 341 g/mol. The summed E-state index contributed by atoms with van der Waals surface area (Å²) in [6.07, 6.45) is 3.53. The van der Waals surface area contributed by atoms with Crippen LogP contribution in [0, 0.1) is 6.92 Å². The van der Waals surface area contributed by atoms with Crippen molar-refractivity contribution in [3.8, 4) is 5.75 Å². The van der Waals surface area contributed by atoms with Gasteiger partial charge in [0, 0.05) is 37.6 Å². The van der Waals surface area contributed by atoms with E-state index in [1.165, 1.54) is 0 Å². The van der Waals surface area contributed by atoms with Crippen molar-refractivity contribution in [2.24, 2.45) is 0 Å². The second kappa shape index (κ2) is 7.98. The third-order valence-electron chi connectivity index (χ3n) is 4.37. The van der Waals surface area contributed by atoms with E-state index in [-0.39, 0.29) is 5.91 Å². The van der Waals surface area contributed by atoms with Crippen LogP contribution >= 0.6 is 0 Å². The van der Waals surface area contributed by atoms with Crippen LogP contribution in [0.1, 0.15) is 21.5 Å². The summed E-state index contributed by atoms with van der Waals surface area (Å²) in [6, 6.07) is 7.44. The minimum absolute atomic E-state index is 0.103. The quantitative estimate of drug-likeness (QED) is 0.903. The zero-order valence-electron chi connectivity index (χ0n) is 14.6. The topological polar surface area (TPSA) is 63.7 Å². The highest BCUT2D eigenvalue weighted by Gasteiger charge is 2.18. The number of ether oxygens (including phenoxy) is 2. The summed E-state index contributed by atoms with van der Waals surface area (Å²) in [7, 11) is 1.64. The molecule has 132 valence electrons. The molecule has 0 unspecified atom stereocenters. The third kappa shape index (κ3) is 4.09. The summed E-state index contributed by atoms with van der Waals surface area (Å²) in [5, 5.41) is 2.97. The van der Waals surface area contributed by atoms with E-state index in [1.54, 1.807) is 25.6 Å². The number of amides is 1. The predicted molar refractivity (Wildman–Crippen MR) is 96.2 cm³/mol. The van der Waals surface area contributed by atoms with Crippen LogP contribution < -0.4 is 15.0 Å². The van der Waals surface area contributed by atoms with Crippen molar-refractivity contribution in [3.05, 3.63) is 53.3 Å². The lowest BCUT2D eigenvalue weighted by Crippen LogP contribution is -2.36. The van der Waals surface area contributed by atoms with E-state index >= 15 is 0 Å². The Balaban J connectivity index is 1.75. The molecule has 6 nitrogen and oxygen atoms in total. The van der Waals surface area contributed by atoms with Gasteiger partial charge in [-0.2, -0.15) is 0 Å². The number of rotatable bonds is 5. The van der Waals surface area contributed by atoms with Gasteiger partial charge in [-0.05, 0) is 42.3 Å². The van der Waals surface area contributed by atoms with Crippen molar-refractivity contribution in [2.75, 3.05) is 38.3 Å². The van der Waals surface area contributed by atoms with Gasteiger partial charge >= 0.3 is 0 Å². The van der Waals surface area contributed by atoms with Gasteiger partial charge in [-0.15, -0.1) is 0 Å². The van der Waals surface area contributed by atoms with Gasteiger partial charge in [0.2, 0.25) is 0 Å². The fourth-order valence-electron chi connectivity index (χ4n) is 2.86. The molecule has 0 spiro atoms. The fourth-order valence-corrected chi connectivity index (χ4v) is 2.86. The number of hydrogen-bond acceptors (Lipinski definition) is 5. The van der Waals surface area contributed by atoms with E-state index in [1.807, 2.05) is 25.1 Å². The third-order valence-corrected chi connectivity index (χ3v) is 4.37. The van der Waals surface area contributed by atoms with Gasteiger partial charge in [0.05, 0.1) is 26.0 Å². The van der Waals surface area contributed by atoms with Crippen molar-refractivity contribution in [3.63, 3.8) is 0 Å². The SMILES string of the molecule is COc1ccc(C(=O)NCc2ccncc2C)cc1N1CCOCC1. The van der Waals surface area contributed by atoms with Crippen LogP contribution in [-0.4, -0.2) is 44.3 Å².